The SMILES string of the molecule is CC(=O)O.O.O.O.[H-].[Li+]. The van der Waals surface area contributed by atoms with Gasteiger partial charge in [0, 0.05) is 6.92 Å². The van der Waals surface area contributed by atoms with E-state index in [1.165, 1.54) is 0 Å². The van der Waals surface area contributed by atoms with E-state index in [0.717, 1.165) is 6.92 Å². The normalized spacial score (nSPS) is 3.12. The van der Waals surface area contributed by atoms with Crippen LogP contribution in [0.5, 0.6) is 0 Å². The summed E-state index contributed by atoms with van der Waals surface area (Å²) in [5.74, 6) is -0.833. The predicted molar refractivity (Wildman–Crippen MR) is 25.3 cm³/mol. The smallest absolute Gasteiger partial charge is 1.00 e. The third kappa shape index (κ3) is 52600. The minimum absolute atomic E-state index is 0. The fourth-order valence-electron chi connectivity index (χ4n) is 0. The van der Waals surface area contributed by atoms with Crippen molar-refractivity contribution >= 4 is 5.97 Å². The average molecular weight is 122 g/mol. The third-order valence-corrected chi connectivity index (χ3v) is 0. The standard InChI is InChI=1S/C2H4O2.Li.3H2O.H/c1-2(3)4;;;;;/h1H3,(H,3,4);;3*1H2;/q;+1;;;;-1. The summed E-state index contributed by atoms with van der Waals surface area (Å²) in [6.45, 7) is 1.08. The summed E-state index contributed by atoms with van der Waals surface area (Å²) >= 11 is 0. The molecule has 0 aromatic carbocycles. The molecule has 0 atom stereocenters. The maximum Gasteiger partial charge on any atom is 1.00 e. The van der Waals surface area contributed by atoms with Crippen LogP contribution >= 0.6 is 0 Å². The first-order valence-corrected chi connectivity index (χ1v) is 0.928. The van der Waals surface area contributed by atoms with Crippen molar-refractivity contribution in [3.05, 3.63) is 0 Å². The number of carboxylic acids is 1. The van der Waals surface area contributed by atoms with Crippen molar-refractivity contribution in [3.8, 4) is 0 Å². The van der Waals surface area contributed by atoms with Crippen molar-refractivity contribution < 1.29 is 46.6 Å². The maximum atomic E-state index is 9.00. The van der Waals surface area contributed by atoms with Gasteiger partial charge in [-0.1, -0.05) is 0 Å². The second-order valence-corrected chi connectivity index (χ2v) is 0.519. The molecule has 0 bridgehead atoms. The van der Waals surface area contributed by atoms with Crippen LogP contribution < -0.4 is 18.9 Å². The summed E-state index contributed by atoms with van der Waals surface area (Å²) in [6.07, 6.45) is 0. The van der Waals surface area contributed by atoms with Crippen LogP contribution in [0.3, 0.4) is 0 Å². The van der Waals surface area contributed by atoms with Crippen LogP contribution in [0.1, 0.15) is 8.35 Å². The van der Waals surface area contributed by atoms with Gasteiger partial charge >= 0.3 is 18.9 Å². The molecule has 0 aliphatic heterocycles. The van der Waals surface area contributed by atoms with Crippen LogP contribution in [-0.4, -0.2) is 27.5 Å². The van der Waals surface area contributed by atoms with Crippen molar-refractivity contribution in [2.75, 3.05) is 0 Å². The summed E-state index contributed by atoms with van der Waals surface area (Å²) in [4.78, 5) is 9.00. The van der Waals surface area contributed by atoms with Gasteiger partial charge in [-0.15, -0.1) is 0 Å². The van der Waals surface area contributed by atoms with E-state index >= 15 is 0 Å². The molecule has 0 aliphatic rings. The Morgan fingerprint density at radius 3 is 1.38 bits per heavy atom. The van der Waals surface area contributed by atoms with E-state index in [0.29, 0.717) is 0 Å². The van der Waals surface area contributed by atoms with Crippen LogP contribution in [0, 0.1) is 0 Å². The molecule has 0 saturated carbocycles. The van der Waals surface area contributed by atoms with Gasteiger partial charge in [0.25, 0.3) is 5.97 Å². The third-order valence-electron chi connectivity index (χ3n) is 0. The van der Waals surface area contributed by atoms with Gasteiger partial charge in [0.05, 0.1) is 0 Å². The molecule has 0 saturated heterocycles. The molecule has 0 aliphatic carbocycles. The van der Waals surface area contributed by atoms with Crippen molar-refractivity contribution in [1.29, 1.82) is 0 Å². The summed E-state index contributed by atoms with van der Waals surface area (Å²) < 4.78 is 0. The maximum absolute atomic E-state index is 9.00. The topological polar surface area (TPSA) is 132 Å². The first kappa shape index (κ1) is 44.2. The van der Waals surface area contributed by atoms with E-state index in [4.69, 9.17) is 9.90 Å². The Labute approximate surface area is 60.3 Å². The van der Waals surface area contributed by atoms with E-state index in [1.54, 1.807) is 0 Å². The molecular formula is C2H11LiO5. The quantitative estimate of drug-likeness (QED) is 0.321. The van der Waals surface area contributed by atoms with Gasteiger partial charge in [0.15, 0.2) is 0 Å². The molecule has 0 rings (SSSR count). The number of aliphatic carboxylic acids is 1. The van der Waals surface area contributed by atoms with Gasteiger partial charge in [-0.2, -0.15) is 0 Å². The number of hydrogen-bond donors (Lipinski definition) is 1. The number of carbonyl (C=O) groups is 1. The van der Waals surface area contributed by atoms with Crippen molar-refractivity contribution in [2.24, 2.45) is 0 Å². The molecule has 0 fully saturated rings. The van der Waals surface area contributed by atoms with Crippen molar-refractivity contribution in [2.45, 2.75) is 6.92 Å². The van der Waals surface area contributed by atoms with Crippen LogP contribution in [0.4, 0.5) is 0 Å². The number of hydrogen-bond acceptors (Lipinski definition) is 1. The number of carboxylic acid groups (broad SMARTS) is 1. The first-order chi connectivity index (χ1) is 1.73. The van der Waals surface area contributed by atoms with E-state index in [1.807, 2.05) is 0 Å². The van der Waals surface area contributed by atoms with Crippen LogP contribution in [0.25, 0.3) is 0 Å². The Bertz CT molecular complexity index is 37.9. The Balaban J connectivity index is -0.00000000450. The minimum Gasteiger partial charge on any atom is -1.00 e. The first-order valence-electron chi connectivity index (χ1n) is 0.928. The van der Waals surface area contributed by atoms with Gasteiger partial charge in [-0.05, 0) is 0 Å². The molecule has 0 amide bonds. The largest absolute Gasteiger partial charge is 1.00 e. The second kappa shape index (κ2) is 28.3. The van der Waals surface area contributed by atoms with Gasteiger partial charge in [-0.25, -0.2) is 0 Å². The Morgan fingerprint density at radius 1 is 1.38 bits per heavy atom. The second-order valence-electron chi connectivity index (χ2n) is 0.519. The molecule has 0 aromatic rings. The Kier molecular flexibility index (Phi) is 156. The van der Waals surface area contributed by atoms with Gasteiger partial charge in [-0.3, -0.25) is 4.79 Å². The summed E-state index contributed by atoms with van der Waals surface area (Å²) in [5.41, 5.74) is 0. The Morgan fingerprint density at radius 2 is 1.38 bits per heavy atom. The minimum atomic E-state index is -0.833. The zero-order chi connectivity index (χ0) is 3.58. The predicted octanol–water partition coefficient (Wildman–Crippen LogP) is -5.27. The molecule has 8 heavy (non-hydrogen) atoms. The van der Waals surface area contributed by atoms with Crippen molar-refractivity contribution in [1.82, 2.24) is 0 Å². The zero-order valence-corrected chi connectivity index (χ0v) is 4.86. The molecule has 0 radical (unpaired) electrons. The van der Waals surface area contributed by atoms with E-state index in [2.05, 4.69) is 0 Å². The van der Waals surface area contributed by atoms with Crippen LogP contribution in [-0.2, 0) is 4.79 Å². The molecule has 50 valence electrons. The van der Waals surface area contributed by atoms with Crippen LogP contribution in [0.15, 0.2) is 0 Å². The van der Waals surface area contributed by atoms with Crippen LogP contribution in [0.2, 0.25) is 0 Å². The molecule has 7 N–H and O–H groups in total. The molecule has 0 aromatic heterocycles. The molecular weight excluding hydrogens is 111 g/mol. The van der Waals surface area contributed by atoms with Gasteiger partial charge in [0.2, 0.25) is 0 Å². The zero-order valence-electron chi connectivity index (χ0n) is 5.86. The van der Waals surface area contributed by atoms with Gasteiger partial charge < -0.3 is 23.0 Å². The van der Waals surface area contributed by atoms with E-state index < -0.39 is 5.97 Å². The molecule has 0 unspecified atom stereocenters. The summed E-state index contributed by atoms with van der Waals surface area (Å²) in [7, 11) is 0. The Hall–Kier alpha value is -0.0526. The molecule has 0 heterocycles. The van der Waals surface area contributed by atoms with Gasteiger partial charge in [0.1, 0.15) is 0 Å². The van der Waals surface area contributed by atoms with Crippen molar-refractivity contribution in [3.63, 3.8) is 0 Å². The van der Waals surface area contributed by atoms with E-state index in [-0.39, 0.29) is 36.7 Å². The molecule has 6 heteroatoms. The average Bonchev–Trinajstić information content (AvgIpc) is 0.811. The van der Waals surface area contributed by atoms with E-state index in [9.17, 15) is 0 Å². The fraction of sp³-hybridized carbons (Fsp3) is 0.500. The molecule has 0 spiro atoms. The summed E-state index contributed by atoms with van der Waals surface area (Å²) in [6, 6.07) is 0. The monoisotopic (exact) mass is 122 g/mol. The fourth-order valence-corrected chi connectivity index (χ4v) is 0. The summed E-state index contributed by atoms with van der Waals surface area (Å²) in [5, 5.41) is 7.42. The molecule has 5 nitrogen and oxygen atoms in total. The number of rotatable bonds is 0.